The topological polar surface area (TPSA) is 107 Å². The highest BCUT2D eigenvalue weighted by atomic mass is 32.2. The van der Waals surface area contributed by atoms with E-state index in [4.69, 9.17) is 0 Å². The van der Waals surface area contributed by atoms with Gasteiger partial charge in [0.25, 0.3) is 10.0 Å². The number of sulfone groups is 1. The number of hydrogen-bond acceptors (Lipinski definition) is 6. The van der Waals surface area contributed by atoms with Gasteiger partial charge in [0.2, 0.25) is 0 Å². The second kappa shape index (κ2) is 8.36. The van der Waals surface area contributed by atoms with Crippen LogP contribution in [0.15, 0.2) is 69.8 Å². The number of carbonyl (C=O) groups excluding carboxylic acids is 1. The zero-order valence-corrected chi connectivity index (χ0v) is 16.4. The van der Waals surface area contributed by atoms with Crippen LogP contribution in [0.5, 0.6) is 0 Å². The summed E-state index contributed by atoms with van der Waals surface area (Å²) in [5, 5.41) is 0.747. The van der Waals surface area contributed by atoms with E-state index in [1.807, 2.05) is 6.92 Å². The van der Waals surface area contributed by atoms with Crippen LogP contribution >= 0.6 is 0 Å². The molecule has 0 saturated heterocycles. The van der Waals surface area contributed by atoms with Crippen LogP contribution in [0.4, 0.5) is 5.69 Å². The predicted molar refractivity (Wildman–Crippen MR) is 101 cm³/mol. The standard InChI is InChI=1S/C18H19NO6S2/c1-3-25-18(20)12-13-26(21,22)16-10-6-15(7-11-16)19-27(23,24)17-8-4-14(2)5-9-17/h4-13,19H,3H2,1-2H3/b13-12+. The second-order valence-corrected chi connectivity index (χ2v) is 9.06. The molecular formula is C18H19NO6S2. The van der Waals surface area contributed by atoms with Crippen LogP contribution < -0.4 is 4.72 Å². The molecule has 0 aliphatic carbocycles. The largest absolute Gasteiger partial charge is 0.463 e. The fourth-order valence-electron chi connectivity index (χ4n) is 2.06. The van der Waals surface area contributed by atoms with Crippen LogP contribution in [0, 0.1) is 6.92 Å². The molecule has 0 aliphatic rings. The summed E-state index contributed by atoms with van der Waals surface area (Å²) in [4.78, 5) is 11.3. The third-order valence-electron chi connectivity index (χ3n) is 3.44. The van der Waals surface area contributed by atoms with E-state index in [1.54, 1.807) is 19.1 Å². The van der Waals surface area contributed by atoms with Gasteiger partial charge in [0.05, 0.1) is 16.4 Å². The maximum atomic E-state index is 12.3. The van der Waals surface area contributed by atoms with E-state index in [0.717, 1.165) is 17.0 Å². The van der Waals surface area contributed by atoms with Crippen molar-refractivity contribution in [3.8, 4) is 0 Å². The van der Waals surface area contributed by atoms with Crippen molar-refractivity contribution in [1.82, 2.24) is 0 Å². The number of aryl methyl sites for hydroxylation is 1. The minimum atomic E-state index is -3.85. The van der Waals surface area contributed by atoms with Crippen molar-refractivity contribution in [3.05, 3.63) is 65.6 Å². The van der Waals surface area contributed by atoms with E-state index in [9.17, 15) is 21.6 Å². The average Bonchev–Trinajstić information content (AvgIpc) is 2.61. The monoisotopic (exact) mass is 409 g/mol. The van der Waals surface area contributed by atoms with E-state index < -0.39 is 25.8 Å². The summed E-state index contributed by atoms with van der Waals surface area (Å²) >= 11 is 0. The summed E-state index contributed by atoms with van der Waals surface area (Å²) < 4.78 is 56.0. The Morgan fingerprint density at radius 1 is 0.963 bits per heavy atom. The van der Waals surface area contributed by atoms with Gasteiger partial charge in [0, 0.05) is 17.2 Å². The highest BCUT2D eigenvalue weighted by Gasteiger charge is 2.15. The Kier molecular flexibility index (Phi) is 6.40. The van der Waals surface area contributed by atoms with Crippen LogP contribution in [0.1, 0.15) is 12.5 Å². The molecular weight excluding hydrogens is 390 g/mol. The third-order valence-corrected chi connectivity index (χ3v) is 6.26. The highest BCUT2D eigenvalue weighted by Crippen LogP contribution is 2.20. The summed E-state index contributed by atoms with van der Waals surface area (Å²) in [5.41, 5.74) is 1.14. The number of hydrogen-bond donors (Lipinski definition) is 1. The molecule has 0 bridgehead atoms. The summed E-state index contributed by atoms with van der Waals surface area (Å²) in [6.45, 7) is 3.59. The molecule has 0 spiro atoms. The minimum absolute atomic E-state index is 0.0821. The van der Waals surface area contributed by atoms with Crippen LogP contribution in [-0.2, 0) is 29.4 Å². The van der Waals surface area contributed by atoms with Gasteiger partial charge in [-0.15, -0.1) is 0 Å². The van der Waals surface area contributed by atoms with E-state index in [0.29, 0.717) is 0 Å². The summed E-state index contributed by atoms with van der Waals surface area (Å²) in [6.07, 6.45) is 0.826. The van der Waals surface area contributed by atoms with E-state index in [1.165, 1.54) is 36.4 Å². The first-order valence-corrected chi connectivity index (χ1v) is 11.0. The smallest absolute Gasteiger partial charge is 0.331 e. The molecule has 9 heteroatoms. The molecule has 2 rings (SSSR count). The van der Waals surface area contributed by atoms with Crippen LogP contribution in [-0.4, -0.2) is 29.4 Å². The number of carbonyl (C=O) groups is 1. The first kappa shape index (κ1) is 20.7. The molecule has 7 nitrogen and oxygen atoms in total. The molecule has 0 radical (unpaired) electrons. The van der Waals surface area contributed by atoms with Gasteiger partial charge < -0.3 is 4.74 Å². The summed E-state index contributed by atoms with van der Waals surface area (Å²) in [7, 11) is -7.63. The fourth-order valence-corrected chi connectivity index (χ4v) is 4.08. The first-order valence-electron chi connectivity index (χ1n) is 7.93. The Morgan fingerprint density at radius 3 is 2.07 bits per heavy atom. The summed E-state index contributed by atoms with van der Waals surface area (Å²) in [6, 6.07) is 11.5. The van der Waals surface area contributed by atoms with Gasteiger partial charge in [-0.2, -0.15) is 0 Å². The van der Waals surface area contributed by atoms with Gasteiger partial charge in [-0.25, -0.2) is 21.6 Å². The van der Waals surface area contributed by atoms with Crippen LogP contribution in [0.2, 0.25) is 0 Å². The number of nitrogens with one attached hydrogen (secondary N) is 1. The predicted octanol–water partition coefficient (Wildman–Crippen LogP) is 2.65. The van der Waals surface area contributed by atoms with Gasteiger partial charge in [0.15, 0.2) is 9.84 Å². The SMILES string of the molecule is CCOC(=O)/C=C/S(=O)(=O)c1ccc(NS(=O)(=O)c2ccc(C)cc2)cc1. The Balaban J connectivity index is 2.17. The molecule has 0 aromatic heterocycles. The molecule has 2 aromatic carbocycles. The molecule has 0 aliphatic heterocycles. The molecule has 2 aromatic rings. The van der Waals surface area contributed by atoms with Crippen LogP contribution in [0.3, 0.4) is 0 Å². The van der Waals surface area contributed by atoms with E-state index >= 15 is 0 Å². The maximum absolute atomic E-state index is 12.3. The Bertz CT molecular complexity index is 1040. The maximum Gasteiger partial charge on any atom is 0.331 e. The van der Waals surface area contributed by atoms with Gasteiger partial charge >= 0.3 is 5.97 Å². The van der Waals surface area contributed by atoms with Crippen LogP contribution in [0.25, 0.3) is 0 Å². The zero-order valence-electron chi connectivity index (χ0n) is 14.7. The van der Waals surface area contributed by atoms with Crippen molar-refractivity contribution in [2.75, 3.05) is 11.3 Å². The van der Waals surface area contributed by atoms with Gasteiger partial charge in [-0.1, -0.05) is 17.7 Å². The summed E-state index contributed by atoms with van der Waals surface area (Å²) in [5.74, 6) is -0.761. The van der Waals surface area contributed by atoms with Gasteiger partial charge in [0.1, 0.15) is 0 Å². The van der Waals surface area contributed by atoms with Crippen molar-refractivity contribution in [2.24, 2.45) is 0 Å². The van der Waals surface area contributed by atoms with E-state index in [2.05, 4.69) is 9.46 Å². The lowest BCUT2D eigenvalue weighted by molar-refractivity contribution is -0.137. The molecule has 0 unspecified atom stereocenters. The molecule has 0 amide bonds. The van der Waals surface area contributed by atoms with Gasteiger partial charge in [-0.05, 0) is 50.2 Å². The van der Waals surface area contributed by atoms with Crippen molar-refractivity contribution >= 4 is 31.5 Å². The number of benzene rings is 2. The Hall–Kier alpha value is -2.65. The van der Waals surface area contributed by atoms with Crippen molar-refractivity contribution in [2.45, 2.75) is 23.6 Å². The lowest BCUT2D eigenvalue weighted by atomic mass is 10.2. The number of esters is 1. The average molecular weight is 409 g/mol. The lowest BCUT2D eigenvalue weighted by Crippen LogP contribution is -2.13. The van der Waals surface area contributed by atoms with Gasteiger partial charge in [-0.3, -0.25) is 4.72 Å². The number of ether oxygens (including phenoxy) is 1. The quantitative estimate of drug-likeness (QED) is 0.557. The first-order chi connectivity index (χ1) is 12.6. The zero-order chi connectivity index (χ0) is 20.1. The Labute approximate surface area is 158 Å². The molecule has 0 fully saturated rings. The lowest BCUT2D eigenvalue weighted by Gasteiger charge is -2.09. The fraction of sp³-hybridized carbons (Fsp3) is 0.167. The molecule has 144 valence electrons. The molecule has 0 atom stereocenters. The number of sulfonamides is 1. The molecule has 1 N–H and O–H groups in total. The third kappa shape index (κ3) is 5.66. The second-order valence-electron chi connectivity index (χ2n) is 5.54. The molecule has 0 heterocycles. The minimum Gasteiger partial charge on any atom is -0.463 e. The van der Waals surface area contributed by atoms with Crippen molar-refractivity contribution in [3.63, 3.8) is 0 Å². The molecule has 27 heavy (non-hydrogen) atoms. The Morgan fingerprint density at radius 2 is 1.52 bits per heavy atom. The highest BCUT2D eigenvalue weighted by molar-refractivity contribution is 7.94. The van der Waals surface area contributed by atoms with E-state index in [-0.39, 0.29) is 22.1 Å². The number of rotatable bonds is 7. The number of anilines is 1. The normalized spacial score (nSPS) is 12.1. The van der Waals surface area contributed by atoms with Crippen molar-refractivity contribution < 1.29 is 26.4 Å². The molecule has 0 saturated carbocycles. The van der Waals surface area contributed by atoms with Crippen molar-refractivity contribution in [1.29, 1.82) is 0 Å².